The summed E-state index contributed by atoms with van der Waals surface area (Å²) in [5.41, 5.74) is -2.54. The van der Waals surface area contributed by atoms with Crippen LogP contribution in [0.4, 0.5) is 4.79 Å². The lowest BCUT2D eigenvalue weighted by Crippen LogP contribution is -2.51. The van der Waals surface area contributed by atoms with Gasteiger partial charge in [-0.3, -0.25) is 14.3 Å². The first kappa shape index (κ1) is 14.8. The van der Waals surface area contributed by atoms with Crippen LogP contribution in [0.1, 0.15) is 11.8 Å². The van der Waals surface area contributed by atoms with Crippen molar-refractivity contribution in [1.29, 1.82) is 0 Å². The SMILES string of the molecule is Cc1cn([C@@H]2O[C@@]3(CO)CNC(=O)O[C@@H]2[C@@H]3O)c(=O)[nH]c1=O. The Bertz CT molecular complexity index is 726. The van der Waals surface area contributed by atoms with Crippen LogP contribution in [0.5, 0.6) is 0 Å². The monoisotopic (exact) mass is 313 g/mol. The van der Waals surface area contributed by atoms with Gasteiger partial charge in [0.15, 0.2) is 12.3 Å². The molecule has 2 fully saturated rings. The summed E-state index contributed by atoms with van der Waals surface area (Å²) in [5.74, 6) is 0. The molecule has 10 heteroatoms. The molecule has 1 aromatic rings. The van der Waals surface area contributed by atoms with Crippen molar-refractivity contribution in [2.24, 2.45) is 0 Å². The number of nitrogens with one attached hydrogen (secondary N) is 2. The third kappa shape index (κ3) is 2.03. The predicted octanol–water partition coefficient (Wildman–Crippen LogP) is -2.43. The summed E-state index contributed by atoms with van der Waals surface area (Å²) in [4.78, 5) is 37.0. The summed E-state index contributed by atoms with van der Waals surface area (Å²) in [7, 11) is 0. The van der Waals surface area contributed by atoms with E-state index in [4.69, 9.17) is 9.47 Å². The van der Waals surface area contributed by atoms with Crippen LogP contribution in [-0.4, -0.2) is 56.8 Å². The number of carbonyl (C=O) groups is 1. The fourth-order valence-corrected chi connectivity index (χ4v) is 2.67. The number of aryl methyl sites for hydroxylation is 1. The molecule has 2 saturated heterocycles. The Morgan fingerprint density at radius 1 is 1.45 bits per heavy atom. The van der Waals surface area contributed by atoms with Gasteiger partial charge in [-0.2, -0.15) is 0 Å². The van der Waals surface area contributed by atoms with E-state index >= 15 is 0 Å². The molecule has 0 unspecified atom stereocenters. The lowest BCUT2D eigenvalue weighted by atomic mass is 9.96. The predicted molar refractivity (Wildman–Crippen MR) is 70.3 cm³/mol. The molecule has 22 heavy (non-hydrogen) atoms. The number of alkyl carbamates (subject to hydrolysis) is 1. The molecule has 0 spiro atoms. The molecule has 0 saturated carbocycles. The third-order valence-electron chi connectivity index (χ3n) is 3.95. The van der Waals surface area contributed by atoms with Crippen LogP contribution < -0.4 is 16.6 Å². The molecule has 120 valence electrons. The number of amides is 1. The molecule has 1 aromatic heterocycles. The zero-order valence-electron chi connectivity index (χ0n) is 11.6. The van der Waals surface area contributed by atoms with Crippen LogP contribution in [0.2, 0.25) is 0 Å². The molecule has 2 aliphatic rings. The highest BCUT2D eigenvalue weighted by Crippen LogP contribution is 2.39. The summed E-state index contributed by atoms with van der Waals surface area (Å²) in [6.07, 6.45) is -3.22. The molecule has 4 atom stereocenters. The van der Waals surface area contributed by atoms with E-state index in [1.54, 1.807) is 0 Å². The molecule has 2 aliphatic heterocycles. The van der Waals surface area contributed by atoms with Gasteiger partial charge in [0.2, 0.25) is 0 Å². The van der Waals surface area contributed by atoms with Crippen LogP contribution in [-0.2, 0) is 9.47 Å². The highest BCUT2D eigenvalue weighted by atomic mass is 16.6. The van der Waals surface area contributed by atoms with Gasteiger partial charge in [0, 0.05) is 11.8 Å². The average Bonchev–Trinajstić information content (AvgIpc) is 2.66. The number of fused-ring (bicyclic) bond motifs is 2. The molecule has 10 nitrogen and oxygen atoms in total. The van der Waals surface area contributed by atoms with Crippen molar-refractivity contribution < 1.29 is 24.5 Å². The van der Waals surface area contributed by atoms with Gasteiger partial charge < -0.3 is 25.0 Å². The number of aromatic nitrogens is 2. The number of aliphatic hydroxyl groups excluding tert-OH is 2. The van der Waals surface area contributed by atoms with Crippen LogP contribution in [0.25, 0.3) is 0 Å². The number of aliphatic hydroxyl groups is 2. The van der Waals surface area contributed by atoms with Crippen molar-refractivity contribution in [1.82, 2.24) is 14.9 Å². The van der Waals surface area contributed by atoms with E-state index in [9.17, 15) is 24.6 Å². The fraction of sp³-hybridized carbons (Fsp3) is 0.583. The van der Waals surface area contributed by atoms with Gasteiger partial charge in [0.25, 0.3) is 5.56 Å². The molecular weight excluding hydrogens is 298 g/mol. The van der Waals surface area contributed by atoms with Crippen molar-refractivity contribution in [3.8, 4) is 0 Å². The molecule has 3 heterocycles. The largest absolute Gasteiger partial charge is 0.438 e. The third-order valence-corrected chi connectivity index (χ3v) is 3.95. The molecule has 1 amide bonds. The van der Waals surface area contributed by atoms with Gasteiger partial charge in [-0.25, -0.2) is 9.59 Å². The Morgan fingerprint density at radius 2 is 2.18 bits per heavy atom. The van der Waals surface area contributed by atoms with Gasteiger partial charge in [-0.05, 0) is 6.92 Å². The van der Waals surface area contributed by atoms with Crippen molar-refractivity contribution in [3.63, 3.8) is 0 Å². The number of rotatable bonds is 2. The van der Waals surface area contributed by atoms with Crippen LogP contribution in [0.15, 0.2) is 15.8 Å². The second-order valence-corrected chi connectivity index (χ2v) is 5.38. The van der Waals surface area contributed by atoms with Gasteiger partial charge in [0.1, 0.15) is 11.7 Å². The summed E-state index contributed by atoms with van der Waals surface area (Å²) in [6, 6.07) is 0. The second-order valence-electron chi connectivity index (χ2n) is 5.38. The van der Waals surface area contributed by atoms with Gasteiger partial charge in [-0.15, -0.1) is 0 Å². The maximum absolute atomic E-state index is 12.0. The smallest absolute Gasteiger partial charge is 0.407 e. The van der Waals surface area contributed by atoms with E-state index in [2.05, 4.69) is 10.3 Å². The normalized spacial score (nSPS) is 34.0. The minimum Gasteiger partial charge on any atom is -0.438 e. The highest BCUT2D eigenvalue weighted by Gasteiger charge is 2.59. The quantitative estimate of drug-likeness (QED) is 0.475. The number of nitrogens with zero attached hydrogens (tertiary/aromatic N) is 1. The molecule has 2 bridgehead atoms. The Balaban J connectivity index is 2.09. The number of aromatic amines is 1. The molecule has 0 aromatic carbocycles. The minimum atomic E-state index is -1.48. The van der Waals surface area contributed by atoms with E-state index < -0.39 is 48.0 Å². The molecule has 3 rings (SSSR count). The molecule has 0 radical (unpaired) electrons. The van der Waals surface area contributed by atoms with Crippen molar-refractivity contribution in [2.45, 2.75) is 31.0 Å². The molecular formula is C12H15N3O7. The summed E-state index contributed by atoms with van der Waals surface area (Å²) < 4.78 is 11.7. The number of H-pyrrole nitrogens is 1. The first-order valence-corrected chi connectivity index (χ1v) is 6.61. The van der Waals surface area contributed by atoms with Crippen LogP contribution in [0.3, 0.4) is 0 Å². The first-order valence-electron chi connectivity index (χ1n) is 6.61. The first-order chi connectivity index (χ1) is 10.4. The van der Waals surface area contributed by atoms with E-state index in [1.807, 2.05) is 0 Å². The minimum absolute atomic E-state index is 0.173. The van der Waals surface area contributed by atoms with Crippen molar-refractivity contribution in [2.75, 3.05) is 13.2 Å². The number of hydrogen-bond acceptors (Lipinski definition) is 7. The Labute approximate surface area is 123 Å². The standard InChI is InChI=1S/C12H15N3O7/c1-5-2-15(10(19)14-8(5)18)9-6-7(17)12(4-16,22-9)3-13-11(20)21-6/h2,6-7,9,16-17H,3-4H2,1H3,(H,13,20)(H,14,18,19)/t6-,7+,9-,12-/m1/s1. The lowest BCUT2D eigenvalue weighted by Gasteiger charge is -2.28. The van der Waals surface area contributed by atoms with Crippen molar-refractivity contribution >= 4 is 6.09 Å². The maximum Gasteiger partial charge on any atom is 0.407 e. The zero-order chi connectivity index (χ0) is 16.1. The average molecular weight is 313 g/mol. The summed E-state index contributed by atoms with van der Waals surface area (Å²) in [6.45, 7) is 0.739. The Hall–Kier alpha value is -2.17. The fourth-order valence-electron chi connectivity index (χ4n) is 2.67. The molecule has 4 N–H and O–H groups in total. The topological polar surface area (TPSA) is 143 Å². The zero-order valence-corrected chi connectivity index (χ0v) is 11.6. The second kappa shape index (κ2) is 4.93. The molecule has 0 aliphatic carbocycles. The van der Waals surface area contributed by atoms with E-state index in [-0.39, 0.29) is 12.1 Å². The number of ether oxygens (including phenoxy) is 2. The maximum atomic E-state index is 12.0. The van der Waals surface area contributed by atoms with Crippen molar-refractivity contribution in [3.05, 3.63) is 32.6 Å². The lowest BCUT2D eigenvalue weighted by molar-refractivity contribution is -0.129. The Morgan fingerprint density at radius 3 is 2.86 bits per heavy atom. The van der Waals surface area contributed by atoms with Gasteiger partial charge >= 0.3 is 11.8 Å². The van der Waals surface area contributed by atoms with E-state index in [0.29, 0.717) is 0 Å². The summed E-state index contributed by atoms with van der Waals surface area (Å²) in [5, 5.41) is 22.2. The number of carbonyl (C=O) groups excluding carboxylic acids is 1. The van der Waals surface area contributed by atoms with E-state index in [1.165, 1.54) is 13.1 Å². The van der Waals surface area contributed by atoms with Crippen LogP contribution in [0, 0.1) is 6.92 Å². The Kier molecular flexibility index (Phi) is 3.31. The summed E-state index contributed by atoms with van der Waals surface area (Å²) >= 11 is 0. The number of hydrogen-bond donors (Lipinski definition) is 4. The van der Waals surface area contributed by atoms with Gasteiger partial charge in [-0.1, -0.05) is 0 Å². The van der Waals surface area contributed by atoms with Crippen LogP contribution >= 0.6 is 0 Å². The van der Waals surface area contributed by atoms with E-state index in [0.717, 1.165) is 4.57 Å². The highest BCUT2D eigenvalue weighted by molar-refractivity contribution is 5.68. The van der Waals surface area contributed by atoms with Gasteiger partial charge in [0.05, 0.1) is 13.2 Å².